The highest BCUT2D eigenvalue weighted by molar-refractivity contribution is 7.26. The summed E-state index contributed by atoms with van der Waals surface area (Å²) in [5.41, 5.74) is 10.6. The topological polar surface area (TPSA) is 3.24 Å². The summed E-state index contributed by atoms with van der Waals surface area (Å²) in [6.07, 6.45) is 0. The van der Waals surface area contributed by atoms with Crippen LogP contribution < -0.4 is 4.90 Å². The van der Waals surface area contributed by atoms with Gasteiger partial charge in [0.2, 0.25) is 0 Å². The average Bonchev–Trinajstić information content (AvgIpc) is 3.77. The molecule has 0 saturated heterocycles. The molecule has 10 rings (SSSR count). The van der Waals surface area contributed by atoms with Crippen LogP contribution in [0, 0.1) is 0 Å². The summed E-state index contributed by atoms with van der Waals surface area (Å²) in [5.74, 6) is 0. The summed E-state index contributed by atoms with van der Waals surface area (Å²) >= 11 is 3.72. The summed E-state index contributed by atoms with van der Waals surface area (Å²) in [7, 11) is 0. The first-order valence-corrected chi connectivity index (χ1v) is 18.9. The number of fused-ring (bicyclic) bond motifs is 6. The summed E-state index contributed by atoms with van der Waals surface area (Å²) in [6, 6.07) is 68.8. The molecular weight excluding hydrogens is 655 g/mol. The van der Waals surface area contributed by atoms with E-state index in [1.54, 1.807) is 0 Å². The van der Waals surface area contributed by atoms with E-state index in [0.717, 1.165) is 17.1 Å². The predicted octanol–water partition coefficient (Wildman–Crippen LogP) is 14.9. The van der Waals surface area contributed by atoms with Crippen molar-refractivity contribution in [1.29, 1.82) is 0 Å². The van der Waals surface area contributed by atoms with Gasteiger partial charge in [-0.3, -0.25) is 0 Å². The summed E-state index contributed by atoms with van der Waals surface area (Å²) in [6.45, 7) is 0. The molecule has 3 heteroatoms. The van der Waals surface area contributed by atoms with Gasteiger partial charge in [0, 0.05) is 57.3 Å². The third-order valence-electron chi connectivity index (χ3n) is 9.86. The highest BCUT2D eigenvalue weighted by Crippen LogP contribution is 2.46. The van der Waals surface area contributed by atoms with Crippen molar-refractivity contribution < 1.29 is 0 Å². The van der Waals surface area contributed by atoms with E-state index in [1.165, 1.54) is 73.7 Å². The van der Waals surface area contributed by atoms with Gasteiger partial charge in [-0.2, -0.15) is 0 Å². The Morgan fingerprint density at radius 1 is 0.294 bits per heavy atom. The van der Waals surface area contributed by atoms with E-state index >= 15 is 0 Å². The quantitative estimate of drug-likeness (QED) is 0.168. The van der Waals surface area contributed by atoms with Crippen LogP contribution in [0.4, 0.5) is 17.1 Å². The highest BCUT2D eigenvalue weighted by atomic mass is 32.1. The molecule has 8 aromatic carbocycles. The van der Waals surface area contributed by atoms with Gasteiger partial charge in [0.25, 0.3) is 0 Å². The minimum absolute atomic E-state index is 1.14. The lowest BCUT2D eigenvalue weighted by Crippen LogP contribution is -2.11. The van der Waals surface area contributed by atoms with Crippen LogP contribution in [0.3, 0.4) is 0 Å². The van der Waals surface area contributed by atoms with Crippen LogP contribution in [0.1, 0.15) is 0 Å². The van der Waals surface area contributed by atoms with E-state index < -0.39 is 0 Å². The number of thiophene rings is 2. The Hall–Kier alpha value is -6.00. The minimum atomic E-state index is 1.14. The number of nitrogens with zero attached hydrogens (tertiary/aromatic N) is 1. The van der Waals surface area contributed by atoms with Gasteiger partial charge in [-0.25, -0.2) is 0 Å². The minimum Gasteiger partial charge on any atom is -0.310 e. The molecular formula is C48H31NS2. The van der Waals surface area contributed by atoms with Gasteiger partial charge in [-0.1, -0.05) is 121 Å². The molecule has 2 heterocycles. The fourth-order valence-electron chi connectivity index (χ4n) is 7.40. The van der Waals surface area contributed by atoms with Gasteiger partial charge in [0.1, 0.15) is 0 Å². The molecule has 0 unspecified atom stereocenters. The van der Waals surface area contributed by atoms with E-state index in [2.05, 4.69) is 193 Å². The molecule has 0 bridgehead atoms. The lowest BCUT2D eigenvalue weighted by molar-refractivity contribution is 1.30. The third-order valence-corrected chi connectivity index (χ3v) is 12.2. The molecule has 0 saturated carbocycles. The number of rotatable bonds is 6. The zero-order valence-electron chi connectivity index (χ0n) is 27.7. The first kappa shape index (κ1) is 29.9. The van der Waals surface area contributed by atoms with Crippen LogP contribution in [0.15, 0.2) is 188 Å². The number of hydrogen-bond donors (Lipinski definition) is 0. The van der Waals surface area contributed by atoms with Crippen LogP contribution in [0.2, 0.25) is 0 Å². The maximum atomic E-state index is 2.46. The van der Waals surface area contributed by atoms with Gasteiger partial charge in [-0.05, 0) is 94.5 Å². The van der Waals surface area contributed by atoms with E-state index in [0.29, 0.717) is 0 Å². The molecule has 0 atom stereocenters. The van der Waals surface area contributed by atoms with Crippen LogP contribution in [-0.2, 0) is 0 Å². The van der Waals surface area contributed by atoms with Crippen molar-refractivity contribution >= 4 is 80.1 Å². The fraction of sp³-hybridized carbons (Fsp3) is 0. The molecule has 0 aliphatic heterocycles. The Morgan fingerprint density at radius 3 is 1.37 bits per heavy atom. The monoisotopic (exact) mass is 685 g/mol. The second kappa shape index (κ2) is 12.4. The van der Waals surface area contributed by atoms with Crippen molar-refractivity contribution in [3.63, 3.8) is 0 Å². The number of benzene rings is 8. The Labute approximate surface area is 304 Å². The first-order chi connectivity index (χ1) is 25.3. The van der Waals surface area contributed by atoms with Gasteiger partial charge >= 0.3 is 0 Å². The highest BCUT2D eigenvalue weighted by Gasteiger charge is 2.21. The first-order valence-electron chi connectivity index (χ1n) is 17.2. The average molecular weight is 686 g/mol. The van der Waals surface area contributed by atoms with Crippen LogP contribution >= 0.6 is 22.7 Å². The predicted molar refractivity (Wildman–Crippen MR) is 223 cm³/mol. The Balaban J connectivity index is 1.21. The van der Waals surface area contributed by atoms with Crippen LogP contribution in [0.25, 0.3) is 73.7 Å². The second-order valence-corrected chi connectivity index (χ2v) is 15.1. The molecule has 0 aliphatic rings. The standard InChI is InChI=1S/C48H31NS2/c1-3-12-32(13-4-1)34-16-11-17-35(28-34)36-22-25-44(41(29-36)33-14-5-2-6-15-33)49(37-23-26-47-42(30-37)39-18-7-9-20-45(39)50-47)38-24-27-48-43(31-38)40-19-8-10-21-46(40)51-48/h1-31H. The molecule has 10 aromatic rings. The van der Waals surface area contributed by atoms with E-state index in [4.69, 9.17) is 0 Å². The van der Waals surface area contributed by atoms with E-state index in [1.807, 2.05) is 22.7 Å². The lowest BCUT2D eigenvalue weighted by atomic mass is 9.94. The second-order valence-electron chi connectivity index (χ2n) is 12.9. The lowest BCUT2D eigenvalue weighted by Gasteiger charge is -2.29. The molecule has 0 spiro atoms. The van der Waals surface area contributed by atoms with E-state index in [-0.39, 0.29) is 0 Å². The van der Waals surface area contributed by atoms with Crippen molar-refractivity contribution in [2.24, 2.45) is 0 Å². The van der Waals surface area contributed by atoms with Crippen molar-refractivity contribution in [2.45, 2.75) is 0 Å². The van der Waals surface area contributed by atoms with Crippen LogP contribution in [-0.4, -0.2) is 0 Å². The molecule has 1 nitrogen and oxygen atoms in total. The van der Waals surface area contributed by atoms with Gasteiger partial charge in [0.15, 0.2) is 0 Å². The molecule has 0 amide bonds. The molecule has 0 radical (unpaired) electrons. The van der Waals surface area contributed by atoms with Crippen molar-refractivity contribution in [2.75, 3.05) is 4.90 Å². The third kappa shape index (κ3) is 5.30. The fourth-order valence-corrected chi connectivity index (χ4v) is 9.57. The summed E-state index contributed by atoms with van der Waals surface area (Å²) in [4.78, 5) is 2.46. The summed E-state index contributed by atoms with van der Waals surface area (Å²) < 4.78 is 5.23. The zero-order chi connectivity index (χ0) is 33.7. The maximum Gasteiger partial charge on any atom is 0.0540 e. The smallest absolute Gasteiger partial charge is 0.0540 e. The Morgan fingerprint density at radius 2 is 0.765 bits per heavy atom. The molecule has 0 fully saturated rings. The van der Waals surface area contributed by atoms with Crippen molar-refractivity contribution in [3.05, 3.63) is 188 Å². The number of anilines is 3. The largest absolute Gasteiger partial charge is 0.310 e. The van der Waals surface area contributed by atoms with Gasteiger partial charge < -0.3 is 4.90 Å². The van der Waals surface area contributed by atoms with Gasteiger partial charge in [-0.15, -0.1) is 22.7 Å². The Kier molecular flexibility index (Phi) is 7.26. The SMILES string of the molecule is c1ccc(-c2cccc(-c3ccc(N(c4ccc5sc6ccccc6c5c4)c4ccc5sc6ccccc6c5c4)c(-c4ccccc4)c3)c2)cc1. The Bertz CT molecular complexity index is 2750. The molecule has 0 N–H and O–H groups in total. The normalized spacial score (nSPS) is 11.5. The van der Waals surface area contributed by atoms with E-state index in [9.17, 15) is 0 Å². The molecule has 51 heavy (non-hydrogen) atoms. The molecule has 2 aromatic heterocycles. The van der Waals surface area contributed by atoms with Gasteiger partial charge in [0.05, 0.1) is 5.69 Å². The zero-order valence-corrected chi connectivity index (χ0v) is 29.3. The van der Waals surface area contributed by atoms with Crippen molar-refractivity contribution in [3.8, 4) is 33.4 Å². The number of hydrogen-bond acceptors (Lipinski definition) is 3. The molecule has 0 aliphatic carbocycles. The summed E-state index contributed by atoms with van der Waals surface area (Å²) in [5, 5.41) is 5.18. The van der Waals surface area contributed by atoms with Crippen molar-refractivity contribution in [1.82, 2.24) is 0 Å². The maximum absolute atomic E-state index is 2.46. The molecule has 240 valence electrons. The van der Waals surface area contributed by atoms with Crippen LogP contribution in [0.5, 0.6) is 0 Å².